The van der Waals surface area contributed by atoms with Crippen molar-refractivity contribution in [3.8, 4) is 11.5 Å². The Morgan fingerprint density at radius 1 is 1.13 bits per heavy atom. The van der Waals surface area contributed by atoms with Gasteiger partial charge in [0.25, 0.3) is 5.91 Å². The molecule has 0 saturated carbocycles. The van der Waals surface area contributed by atoms with Crippen molar-refractivity contribution in [2.75, 3.05) is 33.3 Å². The summed E-state index contributed by atoms with van der Waals surface area (Å²) in [6.45, 7) is 0.319. The number of carbonyl (C=O) groups is 2. The molecular weight excluding hydrogens is 459 g/mol. The summed E-state index contributed by atoms with van der Waals surface area (Å²) in [6, 6.07) is 9.37. The number of halogens is 2. The average Bonchev–Trinajstić information content (AvgIpc) is 2.76. The van der Waals surface area contributed by atoms with Gasteiger partial charge in [-0.2, -0.15) is 11.8 Å². The van der Waals surface area contributed by atoms with Gasteiger partial charge in [-0.05, 0) is 48.8 Å². The second kappa shape index (κ2) is 12.1. The van der Waals surface area contributed by atoms with Crippen LogP contribution in [0.4, 0.5) is 0 Å². The molecule has 2 amide bonds. The molecule has 6 nitrogen and oxygen atoms in total. The van der Waals surface area contributed by atoms with Crippen molar-refractivity contribution in [3.05, 3.63) is 57.6 Å². The normalized spacial score (nSPS) is 11.5. The van der Waals surface area contributed by atoms with Crippen LogP contribution in [0, 0.1) is 0 Å². The number of rotatable bonds is 10. The van der Waals surface area contributed by atoms with E-state index in [0.717, 1.165) is 5.56 Å². The zero-order valence-corrected chi connectivity index (χ0v) is 20.2. The number of hydrogen-bond donors (Lipinski definition) is 1. The lowest BCUT2D eigenvalue weighted by molar-refractivity contribution is -0.132. The average molecular weight is 485 g/mol. The maximum atomic E-state index is 13.2. The fourth-order valence-corrected chi connectivity index (χ4v) is 3.95. The summed E-state index contributed by atoms with van der Waals surface area (Å²) in [6.07, 6.45) is 2.44. The number of methoxy groups -OCH3 is 2. The van der Waals surface area contributed by atoms with Gasteiger partial charge in [0.1, 0.15) is 17.5 Å². The highest BCUT2D eigenvalue weighted by molar-refractivity contribution is 7.98. The SMILES string of the molecule is COc1ccc(CN(C)C(=O)C(CCSC)NC(=O)c2ccc(Cl)cc2Cl)c(OC)c1. The van der Waals surface area contributed by atoms with Crippen LogP contribution in [0.1, 0.15) is 22.3 Å². The standard InChI is InChI=1S/C22H26Cl2N2O4S/c1-26(13-14-5-7-16(29-2)12-20(14)30-3)22(28)19(9-10-31-4)25-21(27)17-8-6-15(23)11-18(17)24/h5-8,11-12,19H,9-10,13H2,1-4H3,(H,25,27). The summed E-state index contributed by atoms with van der Waals surface area (Å²) in [5, 5.41) is 3.49. The van der Waals surface area contributed by atoms with E-state index in [1.165, 1.54) is 6.07 Å². The molecule has 0 aliphatic heterocycles. The van der Waals surface area contributed by atoms with Crippen molar-refractivity contribution in [2.24, 2.45) is 0 Å². The van der Waals surface area contributed by atoms with Gasteiger partial charge >= 0.3 is 0 Å². The van der Waals surface area contributed by atoms with E-state index in [4.69, 9.17) is 32.7 Å². The number of carbonyl (C=O) groups excluding carboxylic acids is 2. The van der Waals surface area contributed by atoms with E-state index in [-0.39, 0.29) is 16.5 Å². The summed E-state index contributed by atoms with van der Waals surface area (Å²) >= 11 is 13.7. The zero-order chi connectivity index (χ0) is 23.0. The van der Waals surface area contributed by atoms with Crippen LogP contribution in [0.25, 0.3) is 0 Å². The Bertz CT molecular complexity index is 926. The van der Waals surface area contributed by atoms with Crippen LogP contribution in [0.5, 0.6) is 11.5 Å². The second-order valence-corrected chi connectivity index (χ2v) is 8.63. The van der Waals surface area contributed by atoms with Crippen LogP contribution >= 0.6 is 35.0 Å². The Hall–Kier alpha value is -2.09. The summed E-state index contributed by atoms with van der Waals surface area (Å²) < 4.78 is 10.6. The van der Waals surface area contributed by atoms with Crippen molar-refractivity contribution in [1.29, 1.82) is 0 Å². The maximum absolute atomic E-state index is 13.2. The predicted octanol–water partition coefficient (Wildman–Crippen LogP) is 4.52. The summed E-state index contributed by atoms with van der Waals surface area (Å²) in [7, 11) is 4.84. The van der Waals surface area contributed by atoms with Crippen LogP contribution in [0.3, 0.4) is 0 Å². The Balaban J connectivity index is 2.17. The van der Waals surface area contributed by atoms with Crippen molar-refractivity contribution in [3.63, 3.8) is 0 Å². The number of nitrogens with zero attached hydrogens (tertiary/aromatic N) is 1. The molecular formula is C22H26Cl2N2O4S. The molecule has 1 N–H and O–H groups in total. The molecule has 0 bridgehead atoms. The minimum absolute atomic E-state index is 0.203. The number of amides is 2. The highest BCUT2D eigenvalue weighted by Gasteiger charge is 2.25. The lowest BCUT2D eigenvalue weighted by atomic mass is 10.1. The second-order valence-electron chi connectivity index (χ2n) is 6.80. The third-order valence-corrected chi connectivity index (χ3v) is 5.86. The van der Waals surface area contributed by atoms with Crippen molar-refractivity contribution in [1.82, 2.24) is 10.2 Å². The largest absolute Gasteiger partial charge is 0.497 e. The fraction of sp³-hybridized carbons (Fsp3) is 0.364. The molecule has 0 saturated heterocycles. The Kier molecular flexibility index (Phi) is 9.81. The van der Waals surface area contributed by atoms with Gasteiger partial charge in [-0.1, -0.05) is 23.2 Å². The van der Waals surface area contributed by atoms with Crippen LogP contribution in [-0.4, -0.2) is 56.0 Å². The number of hydrogen-bond acceptors (Lipinski definition) is 5. The van der Waals surface area contributed by atoms with E-state index in [2.05, 4.69) is 5.32 Å². The molecule has 168 valence electrons. The third kappa shape index (κ3) is 6.95. The van der Waals surface area contributed by atoms with E-state index in [0.29, 0.717) is 35.2 Å². The topological polar surface area (TPSA) is 67.9 Å². The van der Waals surface area contributed by atoms with Gasteiger partial charge < -0.3 is 19.7 Å². The lowest BCUT2D eigenvalue weighted by Gasteiger charge is -2.25. The minimum Gasteiger partial charge on any atom is -0.497 e. The number of thioether (sulfide) groups is 1. The zero-order valence-electron chi connectivity index (χ0n) is 17.9. The van der Waals surface area contributed by atoms with Crippen LogP contribution in [0.2, 0.25) is 10.0 Å². The molecule has 1 unspecified atom stereocenters. The summed E-state index contributed by atoms with van der Waals surface area (Å²) in [4.78, 5) is 27.5. The number of ether oxygens (including phenoxy) is 2. The molecule has 9 heteroatoms. The molecule has 0 aliphatic rings. The number of likely N-dealkylation sites (N-methyl/N-ethyl adjacent to an activating group) is 1. The molecule has 0 aliphatic carbocycles. The van der Waals surface area contributed by atoms with E-state index < -0.39 is 11.9 Å². The molecule has 0 heterocycles. The predicted molar refractivity (Wildman–Crippen MR) is 127 cm³/mol. The molecule has 31 heavy (non-hydrogen) atoms. The van der Waals surface area contributed by atoms with Crippen molar-refractivity contribution >= 4 is 46.8 Å². The Labute approximate surface area is 197 Å². The summed E-state index contributed by atoms with van der Waals surface area (Å²) in [5.74, 6) is 1.38. The highest BCUT2D eigenvalue weighted by atomic mass is 35.5. The van der Waals surface area contributed by atoms with Crippen molar-refractivity contribution < 1.29 is 19.1 Å². The molecule has 2 rings (SSSR count). The first kappa shape index (κ1) is 25.2. The van der Waals surface area contributed by atoms with E-state index in [9.17, 15) is 9.59 Å². The van der Waals surface area contributed by atoms with Gasteiger partial charge in [-0.3, -0.25) is 9.59 Å². The maximum Gasteiger partial charge on any atom is 0.253 e. The van der Waals surface area contributed by atoms with Gasteiger partial charge in [-0.15, -0.1) is 0 Å². The first-order valence-corrected chi connectivity index (χ1v) is 11.7. The van der Waals surface area contributed by atoms with E-state index in [1.807, 2.05) is 18.4 Å². The van der Waals surface area contributed by atoms with E-state index in [1.54, 1.807) is 56.1 Å². The van der Waals surface area contributed by atoms with E-state index >= 15 is 0 Å². The van der Waals surface area contributed by atoms with Gasteiger partial charge in [0.15, 0.2) is 0 Å². The molecule has 2 aromatic carbocycles. The minimum atomic E-state index is -0.694. The summed E-state index contributed by atoms with van der Waals surface area (Å²) in [5.41, 5.74) is 1.10. The fourth-order valence-electron chi connectivity index (χ4n) is 2.98. The Morgan fingerprint density at radius 2 is 1.87 bits per heavy atom. The third-order valence-electron chi connectivity index (χ3n) is 4.67. The number of nitrogens with one attached hydrogen (secondary N) is 1. The first-order chi connectivity index (χ1) is 14.8. The Morgan fingerprint density at radius 3 is 2.48 bits per heavy atom. The molecule has 0 aromatic heterocycles. The number of benzene rings is 2. The van der Waals surface area contributed by atoms with Crippen molar-refractivity contribution in [2.45, 2.75) is 19.0 Å². The van der Waals surface area contributed by atoms with Crippen LogP contribution in [-0.2, 0) is 11.3 Å². The van der Waals surface area contributed by atoms with Crippen LogP contribution in [0.15, 0.2) is 36.4 Å². The quantitative estimate of drug-likeness (QED) is 0.536. The lowest BCUT2D eigenvalue weighted by Crippen LogP contribution is -2.47. The highest BCUT2D eigenvalue weighted by Crippen LogP contribution is 2.26. The molecule has 2 aromatic rings. The van der Waals surface area contributed by atoms with Gasteiger partial charge in [0, 0.05) is 30.2 Å². The molecule has 0 spiro atoms. The molecule has 0 radical (unpaired) electrons. The first-order valence-electron chi connectivity index (χ1n) is 9.51. The van der Waals surface area contributed by atoms with Crippen LogP contribution < -0.4 is 14.8 Å². The smallest absolute Gasteiger partial charge is 0.253 e. The monoisotopic (exact) mass is 484 g/mol. The van der Waals surface area contributed by atoms with Gasteiger partial charge in [-0.25, -0.2) is 0 Å². The molecule has 1 atom stereocenters. The molecule has 0 fully saturated rings. The van der Waals surface area contributed by atoms with Gasteiger partial charge in [0.2, 0.25) is 5.91 Å². The van der Waals surface area contributed by atoms with Gasteiger partial charge in [0.05, 0.1) is 24.8 Å².